The van der Waals surface area contributed by atoms with Gasteiger partial charge in [-0.3, -0.25) is 0 Å². The van der Waals surface area contributed by atoms with Gasteiger partial charge in [-0.1, -0.05) is 0 Å². The number of nitrogens with one attached hydrogen (secondary N) is 1. The zero-order valence-corrected chi connectivity index (χ0v) is 15.4. The van der Waals surface area contributed by atoms with Crippen LogP contribution < -0.4 is 15.2 Å². The standard InChI is InChI=1S/C17H18FN5O3S/c1-8-7-26-16-13(6-20-23(8)16)27(19,25)22-17(24)21-15-11-4-2-9(11)14(18)10-3-5-12(10)15/h6,8H,2-5,7H2,1H3,(H3,19,21,22,24,25)/t8-,27?/m0/s1. The van der Waals surface area contributed by atoms with E-state index in [0.717, 1.165) is 11.1 Å². The SMILES string of the molecule is C[C@H]1COc2c(S(N)(=O)=NC(=O)Nc3c4c(c(F)c5c3CC5)CC4)cnn21. The van der Waals surface area contributed by atoms with Crippen LogP contribution in [0.25, 0.3) is 0 Å². The predicted molar refractivity (Wildman–Crippen MR) is 95.7 cm³/mol. The molecule has 142 valence electrons. The molecule has 2 heterocycles. The zero-order chi connectivity index (χ0) is 18.9. The van der Waals surface area contributed by atoms with E-state index < -0.39 is 15.9 Å². The minimum absolute atomic E-state index is 0.00494. The van der Waals surface area contributed by atoms with Crippen molar-refractivity contribution in [3.05, 3.63) is 34.3 Å². The summed E-state index contributed by atoms with van der Waals surface area (Å²) in [6.07, 6.45) is 4.06. The summed E-state index contributed by atoms with van der Waals surface area (Å²) in [5, 5.41) is 12.6. The van der Waals surface area contributed by atoms with Crippen molar-refractivity contribution in [3.63, 3.8) is 0 Å². The van der Waals surface area contributed by atoms with Gasteiger partial charge in [-0.15, -0.1) is 4.36 Å². The zero-order valence-electron chi connectivity index (χ0n) is 14.6. The van der Waals surface area contributed by atoms with E-state index in [1.165, 1.54) is 6.20 Å². The number of ether oxygens (including phenoxy) is 1. The number of urea groups is 1. The van der Waals surface area contributed by atoms with Crippen molar-refractivity contribution >= 4 is 21.6 Å². The molecule has 2 amide bonds. The number of nitrogens with two attached hydrogens (primary N) is 1. The Morgan fingerprint density at radius 3 is 2.56 bits per heavy atom. The Labute approximate surface area is 155 Å². The minimum atomic E-state index is -3.52. The molecule has 0 spiro atoms. The number of aromatic nitrogens is 2. The van der Waals surface area contributed by atoms with Crippen molar-refractivity contribution in [2.45, 2.75) is 43.5 Å². The number of anilines is 1. The summed E-state index contributed by atoms with van der Waals surface area (Å²) in [6.45, 7) is 2.30. The second-order valence-electron chi connectivity index (χ2n) is 7.11. The van der Waals surface area contributed by atoms with Gasteiger partial charge in [-0.25, -0.2) is 23.2 Å². The topological polar surface area (TPSA) is 112 Å². The third-order valence-corrected chi connectivity index (χ3v) is 6.82. The summed E-state index contributed by atoms with van der Waals surface area (Å²) in [5.74, 6) is 0.137. The summed E-state index contributed by atoms with van der Waals surface area (Å²) in [7, 11) is -3.52. The number of amides is 2. The molecule has 10 heteroatoms. The van der Waals surface area contributed by atoms with E-state index in [-0.39, 0.29) is 22.6 Å². The molecule has 0 fully saturated rings. The third kappa shape index (κ3) is 2.32. The number of halogens is 1. The van der Waals surface area contributed by atoms with Gasteiger partial charge in [0, 0.05) is 5.69 Å². The van der Waals surface area contributed by atoms with Crippen LogP contribution >= 0.6 is 0 Å². The van der Waals surface area contributed by atoms with Crippen LogP contribution in [0.3, 0.4) is 0 Å². The van der Waals surface area contributed by atoms with Crippen molar-refractivity contribution in [1.82, 2.24) is 9.78 Å². The van der Waals surface area contributed by atoms with Gasteiger partial charge in [0.2, 0.25) is 5.88 Å². The Hall–Kier alpha value is -2.46. The fourth-order valence-corrected chi connectivity index (χ4v) is 4.85. The Morgan fingerprint density at radius 1 is 1.33 bits per heavy atom. The number of benzene rings is 1. The lowest BCUT2D eigenvalue weighted by Crippen LogP contribution is -2.26. The van der Waals surface area contributed by atoms with Gasteiger partial charge in [0.05, 0.1) is 12.2 Å². The van der Waals surface area contributed by atoms with Crippen LogP contribution in [-0.2, 0) is 35.6 Å². The molecule has 0 saturated heterocycles. The van der Waals surface area contributed by atoms with Crippen LogP contribution in [0.2, 0.25) is 0 Å². The second kappa shape index (κ2) is 5.52. The van der Waals surface area contributed by atoms with Gasteiger partial charge in [-0.05, 0) is 54.9 Å². The molecule has 0 bridgehead atoms. The van der Waals surface area contributed by atoms with Crippen LogP contribution in [0.4, 0.5) is 14.9 Å². The highest BCUT2D eigenvalue weighted by molar-refractivity contribution is 7.91. The van der Waals surface area contributed by atoms with Gasteiger partial charge in [0.1, 0.15) is 17.3 Å². The summed E-state index contributed by atoms with van der Waals surface area (Å²) in [5.41, 5.74) is 3.54. The molecule has 2 aliphatic carbocycles. The maximum atomic E-state index is 14.3. The number of carbonyl (C=O) groups is 1. The Kier molecular flexibility index (Phi) is 3.41. The molecule has 1 aliphatic heterocycles. The molecule has 0 saturated carbocycles. The van der Waals surface area contributed by atoms with Crippen LogP contribution in [0, 0.1) is 5.82 Å². The van der Waals surface area contributed by atoms with Gasteiger partial charge in [0.15, 0.2) is 9.92 Å². The van der Waals surface area contributed by atoms with Crippen LogP contribution in [0.15, 0.2) is 15.5 Å². The monoisotopic (exact) mass is 391 g/mol. The first-order valence-electron chi connectivity index (χ1n) is 8.78. The second-order valence-corrected chi connectivity index (χ2v) is 8.87. The van der Waals surface area contributed by atoms with E-state index in [0.29, 0.717) is 49.1 Å². The van der Waals surface area contributed by atoms with Crippen LogP contribution in [-0.4, -0.2) is 26.6 Å². The Bertz CT molecular complexity index is 1100. The average molecular weight is 391 g/mol. The first kappa shape index (κ1) is 16.7. The van der Waals surface area contributed by atoms with E-state index >= 15 is 0 Å². The highest BCUT2D eigenvalue weighted by atomic mass is 32.2. The number of rotatable bonds is 2. The molecular formula is C17H18FN5O3S. The number of fused-ring (bicyclic) bond motifs is 3. The smallest absolute Gasteiger partial charge is 0.354 e. The van der Waals surface area contributed by atoms with Crippen molar-refractivity contribution < 1.29 is 18.1 Å². The van der Waals surface area contributed by atoms with E-state index in [4.69, 9.17) is 9.88 Å². The Morgan fingerprint density at radius 2 is 1.96 bits per heavy atom. The summed E-state index contributed by atoms with van der Waals surface area (Å²) < 4.78 is 37.9. The Balaban J connectivity index is 1.48. The fraction of sp³-hybridized carbons (Fsp3) is 0.412. The lowest BCUT2D eigenvalue weighted by atomic mass is 9.76. The van der Waals surface area contributed by atoms with Gasteiger partial charge < -0.3 is 10.1 Å². The van der Waals surface area contributed by atoms with Crippen LogP contribution in [0.1, 0.15) is 35.2 Å². The lowest BCUT2D eigenvalue weighted by Gasteiger charge is -2.32. The molecule has 3 N–H and O–H groups in total. The van der Waals surface area contributed by atoms with Crippen LogP contribution in [0.5, 0.6) is 5.88 Å². The molecule has 27 heavy (non-hydrogen) atoms. The van der Waals surface area contributed by atoms with Crippen molar-refractivity contribution in [2.24, 2.45) is 9.50 Å². The lowest BCUT2D eigenvalue weighted by molar-refractivity contribution is 0.260. The van der Waals surface area contributed by atoms with Gasteiger partial charge in [0.25, 0.3) is 0 Å². The first-order valence-corrected chi connectivity index (χ1v) is 10.4. The molecule has 2 aromatic rings. The number of hydrogen-bond donors (Lipinski definition) is 2. The molecule has 1 aromatic heterocycles. The van der Waals surface area contributed by atoms with Crippen molar-refractivity contribution in [1.29, 1.82) is 0 Å². The maximum absolute atomic E-state index is 14.3. The molecule has 1 unspecified atom stereocenters. The third-order valence-electron chi connectivity index (χ3n) is 5.47. The first-order chi connectivity index (χ1) is 12.9. The van der Waals surface area contributed by atoms with Gasteiger partial charge in [-0.2, -0.15) is 5.10 Å². The summed E-state index contributed by atoms with van der Waals surface area (Å²) >= 11 is 0. The number of carbonyl (C=O) groups excluding carboxylic acids is 1. The predicted octanol–water partition coefficient (Wildman–Crippen LogP) is 2.11. The largest absolute Gasteiger partial charge is 0.475 e. The molecule has 0 radical (unpaired) electrons. The normalized spacial score (nSPS) is 20.9. The molecule has 3 aliphatic rings. The number of nitrogens with zero attached hydrogens (tertiary/aromatic N) is 3. The molecule has 2 atom stereocenters. The molecule has 5 rings (SSSR count). The van der Waals surface area contributed by atoms with E-state index in [2.05, 4.69) is 14.8 Å². The summed E-state index contributed by atoms with van der Waals surface area (Å²) in [6, 6.07) is -0.821. The highest BCUT2D eigenvalue weighted by Crippen LogP contribution is 2.43. The highest BCUT2D eigenvalue weighted by Gasteiger charge is 2.33. The molecular weight excluding hydrogens is 373 g/mol. The molecule has 8 nitrogen and oxygen atoms in total. The molecule has 1 aromatic carbocycles. The van der Waals surface area contributed by atoms with E-state index in [1.54, 1.807) is 4.68 Å². The fourth-order valence-electron chi connectivity index (χ4n) is 3.86. The van der Waals surface area contributed by atoms with E-state index in [1.807, 2.05) is 6.92 Å². The minimum Gasteiger partial charge on any atom is -0.475 e. The number of hydrogen-bond acceptors (Lipinski definition) is 4. The average Bonchev–Trinajstić information content (AvgIpc) is 3.06. The van der Waals surface area contributed by atoms with Crippen molar-refractivity contribution in [3.8, 4) is 5.88 Å². The van der Waals surface area contributed by atoms with Crippen molar-refractivity contribution in [2.75, 3.05) is 11.9 Å². The van der Waals surface area contributed by atoms with Gasteiger partial charge >= 0.3 is 6.03 Å². The summed E-state index contributed by atoms with van der Waals surface area (Å²) in [4.78, 5) is 12.5. The quantitative estimate of drug-likeness (QED) is 0.816. The maximum Gasteiger partial charge on any atom is 0.354 e. The van der Waals surface area contributed by atoms with E-state index in [9.17, 15) is 13.4 Å².